The second-order valence-corrected chi connectivity index (χ2v) is 5.54. The summed E-state index contributed by atoms with van der Waals surface area (Å²) in [5.41, 5.74) is 0.370. The number of furan rings is 1. The number of nitrogens with one attached hydrogen (secondary N) is 1. The molecule has 2 aromatic heterocycles. The fourth-order valence-corrected chi connectivity index (χ4v) is 2.41. The molecule has 1 unspecified atom stereocenters. The van der Waals surface area contributed by atoms with Gasteiger partial charge >= 0.3 is 5.97 Å². The van der Waals surface area contributed by atoms with E-state index in [1.165, 1.54) is 30.4 Å². The molecule has 23 heavy (non-hydrogen) atoms. The second-order valence-electron chi connectivity index (χ2n) is 4.63. The Bertz CT molecular complexity index is 782. The quantitative estimate of drug-likeness (QED) is 0.672. The van der Waals surface area contributed by atoms with Crippen LogP contribution in [0.3, 0.4) is 0 Å². The lowest BCUT2D eigenvalue weighted by atomic mass is 10.3. The van der Waals surface area contributed by atoms with E-state index in [0.29, 0.717) is 16.3 Å². The number of carbonyl (C=O) groups is 2. The first-order valence-corrected chi connectivity index (χ1v) is 7.61. The predicted octanol–water partition coefficient (Wildman–Crippen LogP) is 3.10. The van der Waals surface area contributed by atoms with E-state index < -0.39 is 18.0 Å². The van der Waals surface area contributed by atoms with Gasteiger partial charge in [0.05, 0.1) is 5.56 Å². The molecule has 0 bridgehead atoms. The fraction of sp³-hybridized carbons (Fsp3) is 0.188. The number of carbonyl (C=O) groups excluding carboxylic acids is 2. The summed E-state index contributed by atoms with van der Waals surface area (Å²) in [4.78, 5) is 23.6. The zero-order valence-corrected chi connectivity index (χ0v) is 13.3. The maximum Gasteiger partial charge on any atom is 0.331 e. The lowest BCUT2D eigenvalue weighted by molar-refractivity contribution is -0.148. The van der Waals surface area contributed by atoms with E-state index >= 15 is 0 Å². The zero-order chi connectivity index (χ0) is 16.8. The van der Waals surface area contributed by atoms with Crippen molar-refractivity contribution < 1.29 is 18.7 Å². The van der Waals surface area contributed by atoms with Gasteiger partial charge in [-0.05, 0) is 43.5 Å². The number of amides is 1. The molecule has 0 fully saturated rings. The third-order valence-electron chi connectivity index (χ3n) is 2.83. The molecule has 0 radical (unpaired) electrons. The summed E-state index contributed by atoms with van der Waals surface area (Å²) in [5.74, 6) is 0.0942. The third kappa shape index (κ3) is 4.56. The molecule has 0 aliphatic heterocycles. The second kappa shape index (κ2) is 7.42. The molecule has 2 aromatic rings. The minimum absolute atomic E-state index is 0.370. The van der Waals surface area contributed by atoms with Crippen molar-refractivity contribution in [3.8, 4) is 6.07 Å². The van der Waals surface area contributed by atoms with Crippen LogP contribution in [0.4, 0.5) is 5.00 Å². The molecule has 1 N–H and O–H groups in total. The number of aryl methyl sites for hydroxylation is 1. The highest BCUT2D eigenvalue weighted by molar-refractivity contribution is 7.14. The number of hydrogen-bond acceptors (Lipinski definition) is 6. The average Bonchev–Trinajstić information content (AvgIpc) is 3.13. The minimum atomic E-state index is -0.987. The van der Waals surface area contributed by atoms with E-state index in [0.717, 1.165) is 5.76 Å². The number of nitrogens with zero attached hydrogens (tertiary/aromatic N) is 1. The molecule has 0 aliphatic rings. The summed E-state index contributed by atoms with van der Waals surface area (Å²) < 4.78 is 10.3. The Labute approximate surface area is 137 Å². The summed E-state index contributed by atoms with van der Waals surface area (Å²) in [7, 11) is 0. The number of thiophene rings is 1. The van der Waals surface area contributed by atoms with Crippen LogP contribution in [0, 0.1) is 18.3 Å². The number of nitriles is 1. The molecule has 0 aromatic carbocycles. The SMILES string of the molecule is Cc1ccc(/C=C/C(=O)OC(C)C(=O)Nc2sccc2C#N)o1. The van der Waals surface area contributed by atoms with Crippen LogP contribution in [0.5, 0.6) is 0 Å². The molecule has 6 nitrogen and oxygen atoms in total. The van der Waals surface area contributed by atoms with Gasteiger partial charge in [0, 0.05) is 6.08 Å². The van der Waals surface area contributed by atoms with Crippen LogP contribution in [0.2, 0.25) is 0 Å². The number of ether oxygens (including phenoxy) is 1. The van der Waals surface area contributed by atoms with E-state index in [4.69, 9.17) is 14.4 Å². The van der Waals surface area contributed by atoms with Gasteiger partial charge in [-0.25, -0.2) is 4.79 Å². The molecular weight excluding hydrogens is 316 g/mol. The molecule has 2 heterocycles. The molecule has 0 spiro atoms. The van der Waals surface area contributed by atoms with Crippen molar-refractivity contribution in [1.82, 2.24) is 0 Å². The molecule has 7 heteroatoms. The summed E-state index contributed by atoms with van der Waals surface area (Å²) in [6, 6.07) is 7.06. The molecular formula is C16H14N2O4S. The van der Waals surface area contributed by atoms with Gasteiger partial charge in [0.15, 0.2) is 6.10 Å². The maximum absolute atomic E-state index is 12.0. The highest BCUT2D eigenvalue weighted by Gasteiger charge is 2.18. The van der Waals surface area contributed by atoms with Crippen LogP contribution in [0.15, 0.2) is 34.1 Å². The summed E-state index contributed by atoms with van der Waals surface area (Å²) >= 11 is 1.23. The maximum atomic E-state index is 12.0. The van der Waals surface area contributed by atoms with Gasteiger partial charge in [-0.15, -0.1) is 11.3 Å². The van der Waals surface area contributed by atoms with Crippen LogP contribution < -0.4 is 5.32 Å². The van der Waals surface area contributed by atoms with E-state index in [9.17, 15) is 9.59 Å². The van der Waals surface area contributed by atoms with Crippen LogP contribution in [-0.2, 0) is 14.3 Å². The van der Waals surface area contributed by atoms with Crippen molar-refractivity contribution in [2.45, 2.75) is 20.0 Å². The smallest absolute Gasteiger partial charge is 0.331 e. The zero-order valence-electron chi connectivity index (χ0n) is 12.5. The Morgan fingerprint density at radius 1 is 1.43 bits per heavy atom. The van der Waals surface area contributed by atoms with Crippen molar-refractivity contribution in [3.63, 3.8) is 0 Å². The molecule has 0 saturated carbocycles. The van der Waals surface area contributed by atoms with Crippen LogP contribution in [0.25, 0.3) is 6.08 Å². The van der Waals surface area contributed by atoms with Gasteiger partial charge in [-0.2, -0.15) is 5.26 Å². The number of hydrogen-bond donors (Lipinski definition) is 1. The molecule has 1 amide bonds. The largest absolute Gasteiger partial charge is 0.462 e. The molecule has 118 valence electrons. The number of esters is 1. The van der Waals surface area contributed by atoms with Gasteiger partial charge in [0.2, 0.25) is 0 Å². The number of rotatable bonds is 5. The number of anilines is 1. The van der Waals surface area contributed by atoms with Crippen molar-refractivity contribution in [2.24, 2.45) is 0 Å². The van der Waals surface area contributed by atoms with Crippen molar-refractivity contribution >= 4 is 34.3 Å². The molecule has 0 aliphatic carbocycles. The first kappa shape index (κ1) is 16.5. The molecule has 0 saturated heterocycles. The normalized spacial score (nSPS) is 11.9. The summed E-state index contributed by atoms with van der Waals surface area (Å²) in [6.07, 6.45) is 1.67. The standard InChI is InChI=1S/C16H14N2O4S/c1-10-3-4-13(21-10)5-6-14(19)22-11(2)15(20)18-16-12(9-17)7-8-23-16/h3-8,11H,1-2H3,(H,18,20)/b6-5+. The Balaban J connectivity index is 1.89. The van der Waals surface area contributed by atoms with Crippen LogP contribution in [0.1, 0.15) is 24.0 Å². The fourth-order valence-electron chi connectivity index (χ4n) is 1.67. The van der Waals surface area contributed by atoms with E-state index in [-0.39, 0.29) is 0 Å². The van der Waals surface area contributed by atoms with Gasteiger partial charge in [0.25, 0.3) is 5.91 Å². The Kier molecular flexibility index (Phi) is 5.33. The van der Waals surface area contributed by atoms with Crippen molar-refractivity contribution in [1.29, 1.82) is 5.26 Å². The van der Waals surface area contributed by atoms with Gasteiger partial charge in [0.1, 0.15) is 22.6 Å². The van der Waals surface area contributed by atoms with E-state index in [2.05, 4.69) is 5.32 Å². The highest BCUT2D eigenvalue weighted by atomic mass is 32.1. The van der Waals surface area contributed by atoms with Gasteiger partial charge in [-0.3, -0.25) is 4.79 Å². The van der Waals surface area contributed by atoms with Crippen molar-refractivity contribution in [2.75, 3.05) is 5.32 Å². The summed E-state index contributed by atoms with van der Waals surface area (Å²) in [5, 5.41) is 13.6. The minimum Gasteiger partial charge on any atom is -0.462 e. The topological polar surface area (TPSA) is 92.3 Å². The summed E-state index contributed by atoms with van der Waals surface area (Å²) in [6.45, 7) is 3.25. The first-order valence-electron chi connectivity index (χ1n) is 6.73. The van der Waals surface area contributed by atoms with E-state index in [1.54, 1.807) is 30.5 Å². The lowest BCUT2D eigenvalue weighted by Crippen LogP contribution is -2.29. The van der Waals surface area contributed by atoms with Gasteiger partial charge in [-0.1, -0.05) is 0 Å². The lowest BCUT2D eigenvalue weighted by Gasteiger charge is -2.11. The van der Waals surface area contributed by atoms with Crippen LogP contribution >= 0.6 is 11.3 Å². The van der Waals surface area contributed by atoms with Gasteiger partial charge < -0.3 is 14.5 Å². The average molecular weight is 330 g/mol. The molecule has 1 atom stereocenters. The van der Waals surface area contributed by atoms with E-state index in [1.807, 2.05) is 6.07 Å². The monoisotopic (exact) mass is 330 g/mol. The predicted molar refractivity (Wildman–Crippen MR) is 85.7 cm³/mol. The Morgan fingerprint density at radius 2 is 2.22 bits per heavy atom. The Morgan fingerprint density at radius 3 is 2.87 bits per heavy atom. The molecule has 2 rings (SSSR count). The van der Waals surface area contributed by atoms with Crippen LogP contribution in [-0.4, -0.2) is 18.0 Å². The Hall–Kier alpha value is -2.85. The highest BCUT2D eigenvalue weighted by Crippen LogP contribution is 2.22. The third-order valence-corrected chi connectivity index (χ3v) is 3.66. The van der Waals surface area contributed by atoms with Crippen molar-refractivity contribution in [3.05, 3.63) is 46.7 Å². The first-order chi connectivity index (χ1) is 11.0.